The number of halogens is 3. The van der Waals surface area contributed by atoms with E-state index in [2.05, 4.69) is 4.94 Å². The second kappa shape index (κ2) is 5.90. The summed E-state index contributed by atoms with van der Waals surface area (Å²) in [4.78, 5) is 13.9. The zero-order chi connectivity index (χ0) is 12.2. The molecule has 0 radical (unpaired) electrons. The lowest BCUT2D eigenvalue weighted by atomic mass is 10.1. The van der Waals surface area contributed by atoms with Crippen LogP contribution in [0.25, 0.3) is 0 Å². The number of carbonyl (C=O) groups excluding carboxylic acids is 1. The molecule has 0 amide bonds. The largest absolute Gasteiger partial charge is 0.394 e. The standard InChI is InChI=1S/C6H9Cl2FO6/c7-6(8,15-9)5(14)4(13)3(12)2(11)1-10/h2-4,10-13H,1H2/t2-,3-,4+/m1/s1. The zero-order valence-electron chi connectivity index (χ0n) is 7.18. The Morgan fingerprint density at radius 3 is 2.20 bits per heavy atom. The zero-order valence-corrected chi connectivity index (χ0v) is 8.69. The SMILES string of the molecule is O=C([C@@H](O)[C@H](O)[C@H](O)CO)C(Cl)(Cl)OF. The topological polar surface area (TPSA) is 107 Å². The average molecular weight is 267 g/mol. The maximum Gasteiger partial charge on any atom is 0.316 e. The van der Waals surface area contributed by atoms with Crippen molar-refractivity contribution >= 4 is 29.0 Å². The predicted octanol–water partition coefficient (Wildman–Crippen LogP) is -1.34. The Morgan fingerprint density at radius 1 is 1.40 bits per heavy atom. The molecule has 90 valence electrons. The van der Waals surface area contributed by atoms with Crippen LogP contribution in [0.4, 0.5) is 4.53 Å². The van der Waals surface area contributed by atoms with Gasteiger partial charge in [0.1, 0.15) is 18.3 Å². The Bertz CT molecular complexity index is 226. The van der Waals surface area contributed by atoms with Gasteiger partial charge in [-0.05, 0) is 4.53 Å². The van der Waals surface area contributed by atoms with Crippen LogP contribution in [0.3, 0.4) is 0 Å². The number of rotatable bonds is 6. The molecule has 0 unspecified atom stereocenters. The number of carbonyl (C=O) groups is 1. The summed E-state index contributed by atoms with van der Waals surface area (Å²) in [6, 6.07) is 0. The second-order valence-electron chi connectivity index (χ2n) is 2.64. The molecule has 0 aromatic carbocycles. The third-order valence-electron chi connectivity index (χ3n) is 1.56. The molecule has 0 saturated carbocycles. The normalized spacial score (nSPS) is 18.3. The third-order valence-corrected chi connectivity index (χ3v) is 2.05. The summed E-state index contributed by atoms with van der Waals surface area (Å²) in [5.41, 5.74) is 0. The Kier molecular flexibility index (Phi) is 5.89. The van der Waals surface area contributed by atoms with Gasteiger partial charge in [-0.2, -0.15) is 0 Å². The molecule has 0 aliphatic carbocycles. The van der Waals surface area contributed by atoms with Gasteiger partial charge in [0.25, 0.3) is 0 Å². The minimum atomic E-state index is -2.98. The van der Waals surface area contributed by atoms with E-state index >= 15 is 0 Å². The molecular formula is C6H9Cl2FO6. The fraction of sp³-hybridized carbons (Fsp3) is 0.833. The molecule has 0 fully saturated rings. The monoisotopic (exact) mass is 266 g/mol. The van der Waals surface area contributed by atoms with Gasteiger partial charge in [-0.25, -0.2) is 0 Å². The van der Waals surface area contributed by atoms with Crippen molar-refractivity contribution in [3.8, 4) is 0 Å². The van der Waals surface area contributed by atoms with Gasteiger partial charge in [-0.15, -0.1) is 4.94 Å². The first-order valence-corrected chi connectivity index (χ1v) is 4.40. The smallest absolute Gasteiger partial charge is 0.316 e. The first kappa shape index (κ1) is 15.0. The van der Waals surface area contributed by atoms with Crippen molar-refractivity contribution in [3.05, 3.63) is 0 Å². The summed E-state index contributed by atoms with van der Waals surface area (Å²) in [5, 5.41) is 35.4. The third kappa shape index (κ3) is 3.80. The number of hydrogen-bond donors (Lipinski definition) is 4. The van der Waals surface area contributed by atoms with Crippen molar-refractivity contribution in [1.82, 2.24) is 0 Å². The number of Topliss-reactive ketones (excluding diaryl/α,β-unsaturated/α-hetero) is 1. The van der Waals surface area contributed by atoms with Gasteiger partial charge in [0.15, 0.2) is 0 Å². The van der Waals surface area contributed by atoms with Crippen molar-refractivity contribution in [1.29, 1.82) is 0 Å². The minimum Gasteiger partial charge on any atom is -0.394 e. The van der Waals surface area contributed by atoms with E-state index in [9.17, 15) is 9.32 Å². The van der Waals surface area contributed by atoms with Gasteiger partial charge in [0.2, 0.25) is 5.78 Å². The van der Waals surface area contributed by atoms with E-state index in [4.69, 9.17) is 43.6 Å². The lowest BCUT2D eigenvalue weighted by molar-refractivity contribution is -0.189. The van der Waals surface area contributed by atoms with Gasteiger partial charge in [-0.3, -0.25) is 4.79 Å². The van der Waals surface area contributed by atoms with E-state index in [0.717, 1.165) is 0 Å². The van der Waals surface area contributed by atoms with Gasteiger partial charge in [0.05, 0.1) is 6.61 Å². The highest BCUT2D eigenvalue weighted by atomic mass is 35.5. The molecule has 3 atom stereocenters. The van der Waals surface area contributed by atoms with Gasteiger partial charge in [-0.1, -0.05) is 23.2 Å². The van der Waals surface area contributed by atoms with Crippen molar-refractivity contribution in [2.75, 3.05) is 6.61 Å². The molecule has 15 heavy (non-hydrogen) atoms. The fourth-order valence-electron chi connectivity index (χ4n) is 0.684. The van der Waals surface area contributed by atoms with E-state index in [0.29, 0.717) is 0 Å². The first-order chi connectivity index (χ1) is 6.77. The molecule has 4 N–H and O–H groups in total. The molecule has 0 rings (SSSR count). The van der Waals surface area contributed by atoms with E-state index in [-0.39, 0.29) is 0 Å². The summed E-state index contributed by atoms with van der Waals surface area (Å²) in [7, 11) is 0. The number of hydrogen-bond acceptors (Lipinski definition) is 6. The number of aliphatic hydroxyl groups excluding tert-OH is 4. The predicted molar refractivity (Wildman–Crippen MR) is 46.7 cm³/mol. The molecule has 0 heterocycles. The van der Waals surface area contributed by atoms with Crippen LogP contribution in [0.1, 0.15) is 0 Å². The maximum absolute atomic E-state index is 11.6. The van der Waals surface area contributed by atoms with Crippen molar-refractivity contribution < 1.29 is 34.7 Å². The molecular weight excluding hydrogens is 258 g/mol. The molecule has 0 aromatic heterocycles. The molecule has 0 aromatic rings. The molecule has 0 bridgehead atoms. The summed E-state index contributed by atoms with van der Waals surface area (Å²) in [6.07, 6.45) is -6.15. The molecule has 9 heteroatoms. The van der Waals surface area contributed by atoms with E-state index in [1.54, 1.807) is 0 Å². The molecule has 0 saturated heterocycles. The first-order valence-electron chi connectivity index (χ1n) is 3.64. The lowest BCUT2D eigenvalue weighted by Gasteiger charge is -2.23. The van der Waals surface area contributed by atoms with Crippen LogP contribution in [0.2, 0.25) is 0 Å². The molecule has 6 nitrogen and oxygen atoms in total. The van der Waals surface area contributed by atoms with E-state index in [1.807, 2.05) is 0 Å². The Labute approximate surface area is 93.7 Å². The highest BCUT2D eigenvalue weighted by Crippen LogP contribution is 2.26. The van der Waals surface area contributed by atoms with Crippen LogP contribution in [0.15, 0.2) is 0 Å². The van der Waals surface area contributed by atoms with Crippen molar-refractivity contribution in [2.24, 2.45) is 0 Å². The van der Waals surface area contributed by atoms with Gasteiger partial charge < -0.3 is 20.4 Å². The summed E-state index contributed by atoms with van der Waals surface area (Å²) >= 11 is 9.92. The minimum absolute atomic E-state index is 0.917. The molecule has 0 aliphatic rings. The second-order valence-corrected chi connectivity index (χ2v) is 3.90. The molecule has 0 spiro atoms. The van der Waals surface area contributed by atoms with Crippen LogP contribution in [0.5, 0.6) is 0 Å². The summed E-state index contributed by atoms with van der Waals surface area (Å²) < 4.78 is 8.66. The summed E-state index contributed by atoms with van der Waals surface area (Å²) in [5.74, 6) is -1.60. The van der Waals surface area contributed by atoms with Gasteiger partial charge in [0, 0.05) is 0 Å². The quantitative estimate of drug-likeness (QED) is 0.444. The van der Waals surface area contributed by atoms with E-state index < -0.39 is 35.2 Å². The number of aliphatic hydroxyl groups is 4. The highest BCUT2D eigenvalue weighted by Gasteiger charge is 2.44. The number of alkyl halides is 2. The van der Waals surface area contributed by atoms with E-state index in [1.165, 1.54) is 0 Å². The molecule has 0 aliphatic heterocycles. The van der Waals surface area contributed by atoms with Crippen LogP contribution < -0.4 is 0 Å². The van der Waals surface area contributed by atoms with Crippen LogP contribution in [-0.4, -0.2) is 55.6 Å². The lowest BCUT2D eigenvalue weighted by Crippen LogP contribution is -2.49. The van der Waals surface area contributed by atoms with Crippen LogP contribution >= 0.6 is 23.2 Å². The Hall–Kier alpha value is -0.0200. The maximum atomic E-state index is 11.6. The number of ketones is 1. The van der Waals surface area contributed by atoms with Crippen molar-refractivity contribution in [2.45, 2.75) is 22.8 Å². The summed E-state index contributed by atoms with van der Waals surface area (Å²) in [6.45, 7) is -0.917. The van der Waals surface area contributed by atoms with Crippen molar-refractivity contribution in [3.63, 3.8) is 0 Å². The van der Waals surface area contributed by atoms with Gasteiger partial charge >= 0.3 is 4.52 Å². The fourth-order valence-corrected chi connectivity index (χ4v) is 0.907. The Balaban J connectivity index is 4.58. The Morgan fingerprint density at radius 2 is 1.87 bits per heavy atom. The highest BCUT2D eigenvalue weighted by molar-refractivity contribution is 6.57. The van der Waals surface area contributed by atoms with Crippen LogP contribution in [0, 0.1) is 0 Å². The van der Waals surface area contributed by atoms with Crippen LogP contribution in [-0.2, 0) is 9.74 Å². The average Bonchev–Trinajstić information content (AvgIpc) is 2.24.